The Labute approximate surface area is 113 Å². The van der Waals surface area contributed by atoms with Gasteiger partial charge in [0.2, 0.25) is 10.0 Å². The number of rotatable bonds is 7. The summed E-state index contributed by atoms with van der Waals surface area (Å²) in [4.78, 5) is 0.240. The van der Waals surface area contributed by atoms with Gasteiger partial charge in [0.25, 0.3) is 0 Å². The van der Waals surface area contributed by atoms with Gasteiger partial charge >= 0.3 is 0 Å². The van der Waals surface area contributed by atoms with Gasteiger partial charge in [0.1, 0.15) is 0 Å². The number of hydrogen-bond donors (Lipinski definition) is 1. The van der Waals surface area contributed by atoms with Gasteiger partial charge in [-0.3, -0.25) is 0 Å². The lowest BCUT2D eigenvalue weighted by molar-refractivity contribution is 0.161. The Morgan fingerprint density at radius 1 is 1.39 bits per heavy atom. The maximum Gasteiger partial charge on any atom is 0.240 e. The summed E-state index contributed by atoms with van der Waals surface area (Å²) >= 11 is 5.74. The second-order valence-corrected chi connectivity index (χ2v) is 6.16. The minimum absolute atomic E-state index is 0.118. The molecule has 0 fully saturated rings. The summed E-state index contributed by atoms with van der Waals surface area (Å²) in [5.41, 5.74) is 0.603. The third-order valence-electron chi connectivity index (χ3n) is 2.48. The molecule has 6 heteroatoms. The van der Waals surface area contributed by atoms with Crippen LogP contribution in [0.1, 0.15) is 12.5 Å². The average molecular weight is 292 g/mol. The van der Waals surface area contributed by atoms with Crippen molar-refractivity contribution in [1.29, 1.82) is 0 Å². The van der Waals surface area contributed by atoms with E-state index in [1.165, 1.54) is 0 Å². The molecule has 1 rings (SSSR count). The summed E-state index contributed by atoms with van der Waals surface area (Å²) in [6.45, 7) is 2.77. The van der Waals surface area contributed by atoms with Gasteiger partial charge in [-0.2, -0.15) is 0 Å². The number of benzene rings is 1. The molecule has 0 saturated heterocycles. The first kappa shape index (κ1) is 15.4. The molecule has 18 heavy (non-hydrogen) atoms. The van der Waals surface area contributed by atoms with Gasteiger partial charge in [0, 0.05) is 26.1 Å². The Hall–Kier alpha value is -0.620. The lowest BCUT2D eigenvalue weighted by Crippen LogP contribution is -2.30. The highest BCUT2D eigenvalue weighted by Crippen LogP contribution is 2.17. The first-order chi connectivity index (χ1) is 8.51. The number of alkyl halides is 1. The molecule has 0 aliphatic heterocycles. The van der Waals surface area contributed by atoms with Crippen LogP contribution >= 0.6 is 11.6 Å². The topological polar surface area (TPSA) is 55.4 Å². The molecule has 0 amide bonds. The highest BCUT2D eigenvalue weighted by molar-refractivity contribution is 7.89. The van der Waals surface area contributed by atoms with Crippen LogP contribution in [0.5, 0.6) is 0 Å². The van der Waals surface area contributed by atoms with Gasteiger partial charge in [-0.05, 0) is 17.5 Å². The van der Waals surface area contributed by atoms with Gasteiger partial charge in [-0.15, -0.1) is 11.6 Å². The van der Waals surface area contributed by atoms with Crippen molar-refractivity contribution < 1.29 is 13.2 Å². The van der Waals surface area contributed by atoms with Crippen molar-refractivity contribution in [2.75, 3.05) is 20.3 Å². The fourth-order valence-electron chi connectivity index (χ4n) is 1.55. The molecule has 0 aliphatic rings. The maximum absolute atomic E-state index is 12.1. The second kappa shape index (κ2) is 7.09. The highest BCUT2D eigenvalue weighted by atomic mass is 35.5. The number of ether oxygens (including phenoxy) is 1. The summed E-state index contributed by atoms with van der Waals surface area (Å²) in [5.74, 6) is 0.290. The summed E-state index contributed by atoms with van der Waals surface area (Å²) in [6.07, 6.45) is 0. The monoisotopic (exact) mass is 291 g/mol. The van der Waals surface area contributed by atoms with E-state index in [-0.39, 0.29) is 16.7 Å². The SMILES string of the molecule is COCC(C)CNS(=O)(=O)c1ccccc1CCl. The van der Waals surface area contributed by atoms with E-state index in [4.69, 9.17) is 16.3 Å². The molecule has 0 saturated carbocycles. The lowest BCUT2D eigenvalue weighted by atomic mass is 10.2. The summed E-state index contributed by atoms with van der Waals surface area (Å²) in [6, 6.07) is 6.72. The van der Waals surface area contributed by atoms with Crippen molar-refractivity contribution in [1.82, 2.24) is 4.72 Å². The molecular weight excluding hydrogens is 274 g/mol. The first-order valence-electron chi connectivity index (χ1n) is 5.63. The van der Waals surface area contributed by atoms with E-state index in [1.807, 2.05) is 6.92 Å². The molecule has 1 aromatic carbocycles. The molecule has 1 aromatic rings. The molecule has 0 spiro atoms. The van der Waals surface area contributed by atoms with Crippen LogP contribution < -0.4 is 4.72 Å². The largest absolute Gasteiger partial charge is 0.384 e. The van der Waals surface area contributed by atoms with Crippen LogP contribution in [0.3, 0.4) is 0 Å². The quantitative estimate of drug-likeness (QED) is 0.782. The molecule has 1 unspecified atom stereocenters. The van der Waals surface area contributed by atoms with E-state index in [0.29, 0.717) is 18.7 Å². The molecule has 0 radical (unpaired) electrons. The van der Waals surface area contributed by atoms with Gasteiger partial charge in [-0.25, -0.2) is 13.1 Å². The molecular formula is C12H18ClNO3S. The molecule has 1 N–H and O–H groups in total. The molecule has 102 valence electrons. The minimum Gasteiger partial charge on any atom is -0.384 e. The highest BCUT2D eigenvalue weighted by Gasteiger charge is 2.18. The number of hydrogen-bond acceptors (Lipinski definition) is 3. The van der Waals surface area contributed by atoms with Crippen molar-refractivity contribution in [3.63, 3.8) is 0 Å². The van der Waals surface area contributed by atoms with E-state index >= 15 is 0 Å². The van der Waals surface area contributed by atoms with Crippen LogP contribution in [0.25, 0.3) is 0 Å². The van der Waals surface area contributed by atoms with Gasteiger partial charge < -0.3 is 4.74 Å². The van der Waals surface area contributed by atoms with Crippen LogP contribution in [-0.4, -0.2) is 28.7 Å². The third-order valence-corrected chi connectivity index (χ3v) is 4.29. The van der Waals surface area contributed by atoms with Crippen molar-refractivity contribution in [3.05, 3.63) is 29.8 Å². The van der Waals surface area contributed by atoms with Crippen LogP contribution in [0.4, 0.5) is 0 Å². The Bertz CT molecular complexity index is 476. The Morgan fingerprint density at radius 3 is 2.67 bits per heavy atom. The molecule has 1 atom stereocenters. The fraction of sp³-hybridized carbons (Fsp3) is 0.500. The molecule has 4 nitrogen and oxygen atoms in total. The van der Waals surface area contributed by atoms with Gasteiger partial charge in [0.05, 0.1) is 4.90 Å². The number of methoxy groups -OCH3 is 1. The van der Waals surface area contributed by atoms with E-state index < -0.39 is 10.0 Å². The zero-order valence-corrected chi connectivity index (χ0v) is 12.1. The van der Waals surface area contributed by atoms with Crippen molar-refractivity contribution >= 4 is 21.6 Å². The molecule has 0 aliphatic carbocycles. The first-order valence-corrected chi connectivity index (χ1v) is 7.65. The Balaban J connectivity index is 2.80. The smallest absolute Gasteiger partial charge is 0.240 e. The number of sulfonamides is 1. The maximum atomic E-state index is 12.1. The normalized spacial score (nSPS) is 13.5. The average Bonchev–Trinajstić information content (AvgIpc) is 2.37. The third kappa shape index (κ3) is 4.24. The van der Waals surface area contributed by atoms with Crippen LogP contribution in [0, 0.1) is 5.92 Å². The van der Waals surface area contributed by atoms with E-state index in [0.717, 1.165) is 0 Å². The van der Waals surface area contributed by atoms with Gasteiger partial charge in [-0.1, -0.05) is 25.1 Å². The Kier molecular flexibility index (Phi) is 6.08. The van der Waals surface area contributed by atoms with E-state index in [2.05, 4.69) is 4.72 Å². The van der Waals surface area contributed by atoms with Crippen molar-refractivity contribution in [2.24, 2.45) is 5.92 Å². The van der Waals surface area contributed by atoms with Crippen molar-refractivity contribution in [2.45, 2.75) is 17.7 Å². The standard InChI is InChI=1S/C12H18ClNO3S/c1-10(9-17-2)8-14-18(15,16)12-6-4-3-5-11(12)7-13/h3-6,10,14H,7-9H2,1-2H3. The molecule has 0 bridgehead atoms. The molecule has 0 heterocycles. The number of halogens is 1. The summed E-state index contributed by atoms with van der Waals surface area (Å²) in [5, 5.41) is 0. The Morgan fingerprint density at radius 2 is 2.06 bits per heavy atom. The van der Waals surface area contributed by atoms with Crippen molar-refractivity contribution in [3.8, 4) is 0 Å². The van der Waals surface area contributed by atoms with Crippen LogP contribution in [0.2, 0.25) is 0 Å². The lowest BCUT2D eigenvalue weighted by Gasteiger charge is -2.13. The van der Waals surface area contributed by atoms with Crippen LogP contribution in [-0.2, 0) is 20.6 Å². The van der Waals surface area contributed by atoms with Gasteiger partial charge in [0.15, 0.2) is 0 Å². The van der Waals surface area contributed by atoms with E-state index in [1.54, 1.807) is 31.4 Å². The zero-order chi connectivity index (χ0) is 13.6. The number of nitrogens with one attached hydrogen (secondary N) is 1. The zero-order valence-electron chi connectivity index (χ0n) is 10.5. The predicted octanol–water partition coefficient (Wildman–Crippen LogP) is 1.99. The minimum atomic E-state index is -3.51. The summed E-state index contributed by atoms with van der Waals surface area (Å²) < 4.78 is 31.8. The van der Waals surface area contributed by atoms with Crippen LogP contribution in [0.15, 0.2) is 29.2 Å². The summed E-state index contributed by atoms with van der Waals surface area (Å²) in [7, 11) is -1.92. The molecule has 0 aromatic heterocycles. The fourth-order valence-corrected chi connectivity index (χ4v) is 3.26. The predicted molar refractivity (Wildman–Crippen MR) is 72.2 cm³/mol. The second-order valence-electron chi connectivity index (χ2n) is 4.15. The van der Waals surface area contributed by atoms with E-state index in [9.17, 15) is 8.42 Å².